The lowest BCUT2D eigenvalue weighted by Gasteiger charge is -2.31. The van der Waals surface area contributed by atoms with Crippen molar-refractivity contribution in [3.8, 4) is 17.2 Å². The average Bonchev–Trinajstić information content (AvgIpc) is 3.38. The summed E-state index contributed by atoms with van der Waals surface area (Å²) in [6.07, 6.45) is 2.52. The van der Waals surface area contributed by atoms with Crippen LogP contribution in [0.1, 0.15) is 32.7 Å². The van der Waals surface area contributed by atoms with E-state index in [-0.39, 0.29) is 29.4 Å². The third-order valence-electron chi connectivity index (χ3n) is 5.86. The van der Waals surface area contributed by atoms with Gasteiger partial charge in [-0.3, -0.25) is 14.3 Å². The SMILES string of the molecule is Cn1ccc(NC(=O)c2cc(Oc3ccc(C(=O)N4CCC4)c(F)c3)c3c(c2)OC(CO)C3)n1. The highest BCUT2D eigenvalue weighted by Gasteiger charge is 2.29. The number of carbonyl (C=O) groups excluding carboxylic acids is 2. The van der Waals surface area contributed by atoms with Crippen molar-refractivity contribution in [1.82, 2.24) is 14.7 Å². The highest BCUT2D eigenvalue weighted by atomic mass is 19.1. The van der Waals surface area contributed by atoms with E-state index >= 15 is 0 Å². The van der Waals surface area contributed by atoms with Crippen LogP contribution in [-0.4, -0.2) is 57.4 Å². The highest BCUT2D eigenvalue weighted by Crippen LogP contribution is 2.40. The molecule has 5 rings (SSSR count). The lowest BCUT2D eigenvalue weighted by Crippen LogP contribution is -2.42. The fourth-order valence-corrected chi connectivity index (χ4v) is 3.92. The fraction of sp³-hybridized carbons (Fsp3) is 0.292. The van der Waals surface area contributed by atoms with E-state index in [0.717, 1.165) is 12.5 Å². The van der Waals surface area contributed by atoms with Gasteiger partial charge in [0.2, 0.25) is 0 Å². The average molecular weight is 466 g/mol. The molecule has 34 heavy (non-hydrogen) atoms. The lowest BCUT2D eigenvalue weighted by atomic mass is 10.1. The molecule has 9 nitrogen and oxygen atoms in total. The van der Waals surface area contributed by atoms with Crippen LogP contribution >= 0.6 is 0 Å². The van der Waals surface area contributed by atoms with Crippen molar-refractivity contribution in [3.05, 3.63) is 65.1 Å². The van der Waals surface area contributed by atoms with Crippen molar-refractivity contribution in [3.63, 3.8) is 0 Å². The van der Waals surface area contributed by atoms with Gasteiger partial charge in [0.25, 0.3) is 11.8 Å². The minimum atomic E-state index is -0.681. The van der Waals surface area contributed by atoms with E-state index in [2.05, 4.69) is 10.4 Å². The number of rotatable bonds is 6. The number of aryl methyl sites for hydroxylation is 1. The van der Waals surface area contributed by atoms with Gasteiger partial charge in [-0.05, 0) is 30.7 Å². The lowest BCUT2D eigenvalue weighted by molar-refractivity contribution is 0.0646. The molecule has 0 bridgehead atoms. The largest absolute Gasteiger partial charge is 0.487 e. The predicted molar refractivity (Wildman–Crippen MR) is 120 cm³/mol. The second-order valence-electron chi connectivity index (χ2n) is 8.30. The summed E-state index contributed by atoms with van der Waals surface area (Å²) >= 11 is 0. The van der Waals surface area contributed by atoms with Crippen molar-refractivity contribution >= 4 is 17.6 Å². The molecule has 1 aromatic heterocycles. The molecule has 10 heteroatoms. The molecule has 0 spiro atoms. The first-order chi connectivity index (χ1) is 16.4. The number of likely N-dealkylation sites (tertiary alicyclic amines) is 1. The van der Waals surface area contributed by atoms with Gasteiger partial charge in [-0.1, -0.05) is 0 Å². The minimum Gasteiger partial charge on any atom is -0.487 e. The molecule has 176 valence electrons. The zero-order chi connectivity index (χ0) is 23.8. The van der Waals surface area contributed by atoms with Gasteiger partial charge < -0.3 is 24.8 Å². The van der Waals surface area contributed by atoms with Gasteiger partial charge in [0.1, 0.15) is 29.2 Å². The number of halogens is 1. The minimum absolute atomic E-state index is 0.00977. The Morgan fingerprint density at radius 2 is 2.09 bits per heavy atom. The van der Waals surface area contributed by atoms with E-state index in [0.29, 0.717) is 42.4 Å². The van der Waals surface area contributed by atoms with Crippen molar-refractivity contribution in [2.24, 2.45) is 7.05 Å². The first-order valence-electron chi connectivity index (χ1n) is 10.9. The Hall–Kier alpha value is -3.92. The zero-order valence-corrected chi connectivity index (χ0v) is 18.5. The Morgan fingerprint density at radius 3 is 2.74 bits per heavy atom. The van der Waals surface area contributed by atoms with Crippen molar-refractivity contribution in [2.45, 2.75) is 18.9 Å². The molecule has 3 heterocycles. The maximum atomic E-state index is 14.7. The van der Waals surface area contributed by atoms with Gasteiger partial charge in [0.15, 0.2) is 5.82 Å². The predicted octanol–water partition coefficient (Wildman–Crippen LogP) is 2.75. The summed E-state index contributed by atoms with van der Waals surface area (Å²) in [5.74, 6) is -0.176. The van der Waals surface area contributed by atoms with Crippen LogP contribution in [0.4, 0.5) is 10.2 Å². The van der Waals surface area contributed by atoms with E-state index in [4.69, 9.17) is 9.47 Å². The number of nitrogens with zero attached hydrogens (tertiary/aromatic N) is 3. The summed E-state index contributed by atoms with van der Waals surface area (Å²) in [7, 11) is 1.74. The number of aliphatic hydroxyl groups is 1. The molecule has 3 aromatic rings. The number of carbonyl (C=O) groups is 2. The number of hydrogen-bond acceptors (Lipinski definition) is 6. The van der Waals surface area contributed by atoms with Gasteiger partial charge in [0, 0.05) is 56.0 Å². The molecular weight excluding hydrogens is 443 g/mol. The second-order valence-corrected chi connectivity index (χ2v) is 8.30. The maximum absolute atomic E-state index is 14.7. The van der Waals surface area contributed by atoms with E-state index in [1.165, 1.54) is 18.2 Å². The van der Waals surface area contributed by atoms with Crippen molar-refractivity contribution in [1.29, 1.82) is 0 Å². The van der Waals surface area contributed by atoms with E-state index in [1.807, 2.05) is 0 Å². The number of ether oxygens (including phenoxy) is 2. The molecule has 2 N–H and O–H groups in total. The standard InChI is InChI=1S/C24H23FN4O5/c1-28-8-5-22(27-28)26-23(31)14-9-20(18-11-16(13-30)34-21(18)10-14)33-15-3-4-17(19(25)12-15)24(32)29-6-2-7-29/h3-5,8-10,12,16,30H,2,6-7,11,13H2,1H3,(H,26,27,31). The van der Waals surface area contributed by atoms with Crippen LogP contribution in [0.2, 0.25) is 0 Å². The van der Waals surface area contributed by atoms with Gasteiger partial charge >= 0.3 is 0 Å². The normalized spacial score (nSPS) is 16.4. The van der Waals surface area contributed by atoms with Crippen LogP contribution in [0.3, 0.4) is 0 Å². The highest BCUT2D eigenvalue weighted by molar-refractivity contribution is 6.04. The first kappa shape index (κ1) is 21.9. The summed E-state index contributed by atoms with van der Waals surface area (Å²) < 4.78 is 28.0. The van der Waals surface area contributed by atoms with Crippen LogP contribution in [-0.2, 0) is 13.5 Å². The Kier molecular flexibility index (Phi) is 5.66. The van der Waals surface area contributed by atoms with Gasteiger partial charge in [-0.2, -0.15) is 5.10 Å². The van der Waals surface area contributed by atoms with E-state index in [1.54, 1.807) is 35.0 Å². The molecule has 0 aliphatic carbocycles. The van der Waals surface area contributed by atoms with Crippen LogP contribution in [0.25, 0.3) is 0 Å². The Morgan fingerprint density at radius 1 is 1.26 bits per heavy atom. The van der Waals surface area contributed by atoms with Crippen molar-refractivity contribution in [2.75, 3.05) is 25.0 Å². The summed E-state index contributed by atoms with van der Waals surface area (Å²) in [6.45, 7) is 1.05. The molecular formula is C24H23FN4O5. The smallest absolute Gasteiger partial charge is 0.257 e. The number of benzene rings is 2. The molecule has 1 saturated heterocycles. The quantitative estimate of drug-likeness (QED) is 0.579. The summed E-state index contributed by atoms with van der Waals surface area (Å²) in [4.78, 5) is 26.8. The molecule has 2 amide bonds. The van der Waals surface area contributed by atoms with Crippen LogP contribution < -0.4 is 14.8 Å². The van der Waals surface area contributed by atoms with E-state index in [9.17, 15) is 19.1 Å². The topological polar surface area (TPSA) is 106 Å². The Bertz CT molecular complexity index is 1270. The fourth-order valence-electron chi connectivity index (χ4n) is 3.92. The molecule has 2 aliphatic rings. The third-order valence-corrected chi connectivity index (χ3v) is 5.86. The number of nitrogens with one attached hydrogen (secondary N) is 1. The monoisotopic (exact) mass is 466 g/mol. The van der Waals surface area contributed by atoms with E-state index < -0.39 is 17.8 Å². The number of aliphatic hydroxyl groups excluding tert-OH is 1. The summed E-state index contributed by atoms with van der Waals surface area (Å²) in [6, 6.07) is 8.84. The molecule has 1 unspecified atom stereocenters. The first-order valence-corrected chi connectivity index (χ1v) is 10.9. The number of anilines is 1. The second kappa shape index (κ2) is 8.79. The molecule has 0 radical (unpaired) electrons. The third kappa shape index (κ3) is 4.19. The molecule has 1 fully saturated rings. The molecule has 0 saturated carbocycles. The van der Waals surface area contributed by atoms with Gasteiger partial charge in [-0.25, -0.2) is 4.39 Å². The molecule has 1 atom stereocenters. The Balaban J connectivity index is 1.43. The summed E-state index contributed by atoms with van der Waals surface area (Å²) in [5.41, 5.74) is 0.905. The van der Waals surface area contributed by atoms with Crippen LogP contribution in [0.15, 0.2) is 42.6 Å². The van der Waals surface area contributed by atoms with Crippen LogP contribution in [0.5, 0.6) is 17.2 Å². The molecule has 2 aliphatic heterocycles. The number of fused-ring (bicyclic) bond motifs is 1. The van der Waals surface area contributed by atoms with Crippen LogP contribution in [0, 0.1) is 5.82 Å². The number of hydrogen-bond donors (Lipinski definition) is 2. The zero-order valence-electron chi connectivity index (χ0n) is 18.5. The Labute approximate surface area is 194 Å². The molecule has 2 aromatic carbocycles. The van der Waals surface area contributed by atoms with Gasteiger partial charge in [-0.15, -0.1) is 0 Å². The summed E-state index contributed by atoms with van der Waals surface area (Å²) in [5, 5.41) is 16.4. The van der Waals surface area contributed by atoms with Crippen molar-refractivity contribution < 1.29 is 28.6 Å². The maximum Gasteiger partial charge on any atom is 0.257 e. The number of amides is 2. The number of aromatic nitrogens is 2. The van der Waals surface area contributed by atoms with Gasteiger partial charge in [0.05, 0.1) is 12.2 Å².